The molecule has 1 aliphatic carbocycles. The molecule has 58 heavy (non-hydrogen) atoms. The van der Waals surface area contributed by atoms with Gasteiger partial charge < -0.3 is 35.5 Å². The van der Waals surface area contributed by atoms with Gasteiger partial charge >= 0.3 is 17.9 Å². The zero-order valence-corrected chi connectivity index (χ0v) is 39.3. The van der Waals surface area contributed by atoms with Crippen molar-refractivity contribution in [1.29, 1.82) is 0 Å². The Morgan fingerprint density at radius 1 is 0.414 bits per heavy atom. The highest BCUT2D eigenvalue weighted by Crippen LogP contribution is 2.46. The molecule has 0 aromatic rings. The van der Waals surface area contributed by atoms with Crippen LogP contribution in [0.3, 0.4) is 0 Å². The number of hydrogen-bond donors (Lipinski definition) is 4. The summed E-state index contributed by atoms with van der Waals surface area (Å²) in [6.45, 7) is 33.9. The Bertz CT molecular complexity index is 1430. The van der Waals surface area contributed by atoms with Crippen molar-refractivity contribution < 1.29 is 33.4 Å². The third-order valence-electron chi connectivity index (χ3n) is 13.3. The van der Waals surface area contributed by atoms with Crippen molar-refractivity contribution in [2.45, 2.75) is 244 Å². The molecule has 0 radical (unpaired) electrons. The van der Waals surface area contributed by atoms with Crippen LogP contribution in [-0.2, 0) is 33.4 Å². The molecule has 0 amide bonds. The summed E-state index contributed by atoms with van der Waals surface area (Å²) in [4.78, 5) is 59.2. The fourth-order valence-corrected chi connectivity index (χ4v) is 13.2. The van der Waals surface area contributed by atoms with Gasteiger partial charge in [-0.05, 0) is 142 Å². The monoisotopic (exact) mass is 815 g/mol. The number of nitrogens with one attached hydrogen (secondary N) is 4. The molecule has 0 bridgehead atoms. The van der Waals surface area contributed by atoms with Crippen LogP contribution in [0.15, 0.2) is 0 Å². The van der Waals surface area contributed by atoms with Crippen molar-refractivity contribution in [2.75, 3.05) is 0 Å². The fraction of sp³-hybridized carbons (Fsp3) is 0.915. The Kier molecular flexibility index (Phi) is 13.0. The lowest BCUT2D eigenvalue weighted by atomic mass is 9.64. The van der Waals surface area contributed by atoms with Gasteiger partial charge in [-0.15, -0.1) is 0 Å². The number of Topliss-reactive ketones (excluding diaryl/α,β-unsaturated/α-hetero) is 1. The van der Waals surface area contributed by atoms with E-state index in [1.807, 2.05) is 0 Å². The second kappa shape index (κ2) is 16.0. The SMILES string of the molecule is CC1(C)CC(CC(=O)C2CC(C(=O)OC3CC(C)(C)NC(C)(C)C3)CC(C(=O)OC3CC(C)(C)NC(C)(C)C3)C2C(=O)OC2CC(C)(C)NC(C)(C)C2)CC(C)(C)N1. The largest absolute Gasteiger partial charge is 0.462 e. The number of esters is 3. The van der Waals surface area contributed by atoms with E-state index < -0.39 is 53.8 Å². The number of ether oxygens (including phenoxy) is 3. The number of carbonyl (C=O) groups excluding carboxylic acids is 4. The Balaban J connectivity index is 1.51. The highest BCUT2D eigenvalue weighted by molar-refractivity contribution is 5.92. The van der Waals surface area contributed by atoms with Crippen LogP contribution in [0, 0.1) is 29.6 Å². The number of rotatable bonds is 9. The predicted octanol–water partition coefficient (Wildman–Crippen LogP) is 7.32. The maximum absolute atomic E-state index is 15.0. The van der Waals surface area contributed by atoms with Crippen molar-refractivity contribution in [1.82, 2.24) is 21.3 Å². The van der Waals surface area contributed by atoms with Gasteiger partial charge in [0.1, 0.15) is 24.1 Å². The molecule has 11 heteroatoms. The van der Waals surface area contributed by atoms with Crippen LogP contribution in [0.5, 0.6) is 0 Å². The average molecular weight is 815 g/mol. The Morgan fingerprint density at radius 2 is 0.707 bits per heavy atom. The van der Waals surface area contributed by atoms with E-state index in [9.17, 15) is 19.2 Å². The molecule has 4 unspecified atom stereocenters. The van der Waals surface area contributed by atoms with Crippen molar-refractivity contribution >= 4 is 23.7 Å². The molecular formula is C47H82N4O7. The van der Waals surface area contributed by atoms with E-state index in [0.29, 0.717) is 38.5 Å². The van der Waals surface area contributed by atoms with E-state index in [2.05, 4.69) is 132 Å². The summed E-state index contributed by atoms with van der Waals surface area (Å²) < 4.78 is 19.2. The third-order valence-corrected chi connectivity index (χ3v) is 13.3. The van der Waals surface area contributed by atoms with Crippen LogP contribution in [0.4, 0.5) is 0 Å². The molecule has 4 heterocycles. The van der Waals surface area contributed by atoms with E-state index in [0.717, 1.165) is 12.8 Å². The van der Waals surface area contributed by atoms with E-state index in [-0.39, 0.29) is 81.4 Å². The number of piperidine rings is 4. The van der Waals surface area contributed by atoms with Gasteiger partial charge in [-0.25, -0.2) is 0 Å². The number of carbonyl (C=O) groups is 4. The van der Waals surface area contributed by atoms with E-state index >= 15 is 0 Å². The van der Waals surface area contributed by atoms with Crippen LogP contribution in [0.1, 0.15) is 181 Å². The van der Waals surface area contributed by atoms with Gasteiger partial charge in [0, 0.05) is 95.2 Å². The zero-order valence-electron chi connectivity index (χ0n) is 39.3. The Labute approximate surface area is 351 Å². The quantitative estimate of drug-likeness (QED) is 0.137. The molecule has 5 aliphatic rings. The van der Waals surface area contributed by atoms with Crippen LogP contribution in [0.2, 0.25) is 0 Å². The first-order valence-corrected chi connectivity index (χ1v) is 22.4. The fourth-order valence-electron chi connectivity index (χ4n) is 13.2. The summed E-state index contributed by atoms with van der Waals surface area (Å²) in [6.07, 6.45) is 4.58. The molecule has 0 aromatic carbocycles. The maximum atomic E-state index is 15.0. The minimum Gasteiger partial charge on any atom is -0.462 e. The van der Waals surface area contributed by atoms with E-state index in [4.69, 9.17) is 14.2 Å². The highest BCUT2D eigenvalue weighted by atomic mass is 16.6. The molecule has 0 aromatic heterocycles. The number of ketones is 1. The second-order valence-corrected chi connectivity index (χ2v) is 24.8. The smallest absolute Gasteiger partial charge is 0.310 e. The van der Waals surface area contributed by atoms with Crippen molar-refractivity contribution in [3.8, 4) is 0 Å². The lowest BCUT2D eigenvalue weighted by Crippen LogP contribution is -2.60. The summed E-state index contributed by atoms with van der Waals surface area (Å²) in [6, 6.07) is 0. The Morgan fingerprint density at radius 3 is 1.07 bits per heavy atom. The van der Waals surface area contributed by atoms with E-state index in [1.54, 1.807) is 0 Å². The molecule has 5 fully saturated rings. The molecular weight excluding hydrogens is 733 g/mol. The molecule has 0 spiro atoms. The first-order valence-electron chi connectivity index (χ1n) is 22.4. The summed E-state index contributed by atoms with van der Waals surface area (Å²) in [5.74, 6) is -5.27. The van der Waals surface area contributed by atoms with Gasteiger partial charge in [-0.2, -0.15) is 0 Å². The van der Waals surface area contributed by atoms with E-state index in [1.165, 1.54) is 0 Å². The minimum atomic E-state index is -1.08. The normalized spacial score (nSPS) is 33.0. The summed E-state index contributed by atoms with van der Waals surface area (Å²) in [5, 5.41) is 14.7. The molecule has 11 nitrogen and oxygen atoms in total. The highest BCUT2D eigenvalue weighted by Gasteiger charge is 2.54. The van der Waals surface area contributed by atoms with Gasteiger partial charge in [0.2, 0.25) is 0 Å². The zero-order chi connectivity index (χ0) is 43.7. The van der Waals surface area contributed by atoms with Gasteiger partial charge in [0.05, 0.1) is 17.8 Å². The second-order valence-electron chi connectivity index (χ2n) is 24.8. The lowest BCUT2D eigenvalue weighted by molar-refractivity contribution is -0.181. The molecule has 1 saturated carbocycles. The topological polar surface area (TPSA) is 144 Å². The van der Waals surface area contributed by atoms with Crippen LogP contribution in [0.25, 0.3) is 0 Å². The van der Waals surface area contributed by atoms with Gasteiger partial charge in [0.25, 0.3) is 0 Å². The van der Waals surface area contributed by atoms with Crippen molar-refractivity contribution in [2.24, 2.45) is 29.6 Å². The average Bonchev–Trinajstić information content (AvgIpc) is 2.93. The first-order chi connectivity index (χ1) is 26.1. The first kappa shape index (κ1) is 47.0. The summed E-state index contributed by atoms with van der Waals surface area (Å²) in [5.41, 5.74) is -2.01. The number of hydrogen-bond acceptors (Lipinski definition) is 11. The summed E-state index contributed by atoms with van der Waals surface area (Å²) in [7, 11) is 0. The minimum absolute atomic E-state index is 0.0628. The van der Waals surface area contributed by atoms with Gasteiger partial charge in [-0.3, -0.25) is 19.2 Å². The predicted molar refractivity (Wildman–Crippen MR) is 228 cm³/mol. The molecule has 4 atom stereocenters. The van der Waals surface area contributed by atoms with Crippen molar-refractivity contribution in [3.05, 3.63) is 0 Å². The summed E-state index contributed by atoms with van der Waals surface area (Å²) >= 11 is 0. The molecule has 4 aliphatic heterocycles. The van der Waals surface area contributed by atoms with Crippen LogP contribution in [-0.4, -0.2) is 86.3 Å². The van der Waals surface area contributed by atoms with Gasteiger partial charge in [-0.1, -0.05) is 0 Å². The Hall–Kier alpha value is -2.08. The standard InChI is InChI=1S/C47H82N4O7/c1-40(2)20-28(21-41(3,4)48-40)17-35(52)33-18-29(37(53)56-30-22-42(5,6)49-43(7,8)23-30)19-34(38(54)57-31-24-44(9,10)50-45(11,12)25-31)36(33)39(55)58-32-26-46(13,14)51-47(15,16)27-32/h28-34,36,48-51H,17-27H2,1-16H3. The lowest BCUT2D eigenvalue weighted by Gasteiger charge is -2.48. The van der Waals surface area contributed by atoms with Crippen LogP contribution < -0.4 is 21.3 Å². The molecule has 4 saturated heterocycles. The molecule has 5 rings (SSSR count). The maximum Gasteiger partial charge on any atom is 0.310 e. The van der Waals surface area contributed by atoms with Crippen LogP contribution >= 0.6 is 0 Å². The third kappa shape index (κ3) is 12.5. The molecule has 4 N–H and O–H groups in total. The molecule has 332 valence electrons. The van der Waals surface area contributed by atoms with Gasteiger partial charge in [0.15, 0.2) is 0 Å². The van der Waals surface area contributed by atoms with Crippen molar-refractivity contribution in [3.63, 3.8) is 0 Å².